The molecule has 2 aromatic carbocycles. The number of hydrogen-bond donors (Lipinski definition) is 0. The summed E-state index contributed by atoms with van der Waals surface area (Å²) < 4.78 is 82.8. The standard InChI is InChI=1S/C28H30F4N2O4S/c1-18(38-17-27(31)32)20-5-10-26(25(30)15-20)33-11-13-34(14-12-33)28(35)24-16-22(39(2,36)37)8-9-23(24)19-3-6-21(29)7-4-19/h3-4,6-10,15-16,18,20,27H,5,11-14,17H2,1-2H3. The van der Waals surface area contributed by atoms with E-state index in [1.165, 1.54) is 42.5 Å². The zero-order chi connectivity index (χ0) is 28.3. The third-order valence-corrected chi connectivity index (χ3v) is 8.10. The highest BCUT2D eigenvalue weighted by Gasteiger charge is 2.30. The van der Waals surface area contributed by atoms with E-state index in [1.54, 1.807) is 24.0 Å². The molecule has 0 radical (unpaired) electrons. The van der Waals surface area contributed by atoms with E-state index in [1.807, 2.05) is 4.90 Å². The molecular formula is C28H30F4N2O4S. The van der Waals surface area contributed by atoms with E-state index in [-0.39, 0.29) is 35.4 Å². The van der Waals surface area contributed by atoms with Gasteiger partial charge in [0.25, 0.3) is 12.3 Å². The van der Waals surface area contributed by atoms with Crippen molar-refractivity contribution in [3.63, 3.8) is 0 Å². The molecule has 39 heavy (non-hydrogen) atoms. The second-order valence-electron chi connectivity index (χ2n) is 9.70. The van der Waals surface area contributed by atoms with Gasteiger partial charge in [0.1, 0.15) is 18.3 Å². The van der Waals surface area contributed by atoms with E-state index >= 15 is 0 Å². The molecule has 2 aliphatic rings. The Bertz CT molecular complexity index is 1370. The van der Waals surface area contributed by atoms with Crippen LogP contribution in [0.4, 0.5) is 17.6 Å². The largest absolute Gasteiger partial charge is 0.372 e. The van der Waals surface area contributed by atoms with E-state index in [2.05, 4.69) is 0 Å². The maximum Gasteiger partial charge on any atom is 0.261 e. The molecular weight excluding hydrogens is 536 g/mol. The van der Waals surface area contributed by atoms with E-state index in [9.17, 15) is 30.8 Å². The Hall–Kier alpha value is -3.18. The highest BCUT2D eigenvalue weighted by molar-refractivity contribution is 7.90. The number of hydrogen-bond acceptors (Lipinski definition) is 5. The molecule has 2 atom stereocenters. The van der Waals surface area contributed by atoms with Gasteiger partial charge in [0.05, 0.1) is 16.7 Å². The van der Waals surface area contributed by atoms with Crippen LogP contribution in [0.2, 0.25) is 0 Å². The molecule has 6 nitrogen and oxygen atoms in total. The molecule has 1 aliphatic heterocycles. The number of carbonyl (C=O) groups excluding carboxylic acids is 1. The van der Waals surface area contributed by atoms with Crippen LogP contribution in [0.15, 0.2) is 71.0 Å². The molecule has 0 bridgehead atoms. The average Bonchev–Trinajstić information content (AvgIpc) is 2.91. The number of ether oxygens (including phenoxy) is 1. The first-order valence-electron chi connectivity index (χ1n) is 12.6. The van der Waals surface area contributed by atoms with Crippen LogP contribution in [-0.2, 0) is 14.6 Å². The second kappa shape index (κ2) is 11.9. The van der Waals surface area contributed by atoms with Crippen LogP contribution in [0, 0.1) is 11.7 Å². The fourth-order valence-electron chi connectivity index (χ4n) is 4.77. The number of piperazine rings is 1. The first kappa shape index (κ1) is 28.8. The summed E-state index contributed by atoms with van der Waals surface area (Å²) in [4.78, 5) is 17.0. The lowest BCUT2D eigenvalue weighted by atomic mass is 9.93. The molecule has 1 fully saturated rings. The van der Waals surface area contributed by atoms with Crippen LogP contribution in [0.1, 0.15) is 23.7 Å². The topological polar surface area (TPSA) is 66.9 Å². The number of sulfone groups is 1. The number of benzene rings is 2. The molecule has 0 aromatic heterocycles. The van der Waals surface area contributed by atoms with Crippen LogP contribution in [-0.4, -0.2) is 75.7 Å². The van der Waals surface area contributed by atoms with E-state index in [4.69, 9.17) is 4.74 Å². The molecule has 11 heteroatoms. The van der Waals surface area contributed by atoms with Crippen LogP contribution in [0.5, 0.6) is 0 Å². The fourth-order valence-corrected chi connectivity index (χ4v) is 5.42. The summed E-state index contributed by atoms with van der Waals surface area (Å²) in [5, 5.41) is 0. The summed E-state index contributed by atoms with van der Waals surface area (Å²) in [6.07, 6.45) is 1.47. The highest BCUT2D eigenvalue weighted by Crippen LogP contribution is 2.32. The van der Waals surface area contributed by atoms with Crippen molar-refractivity contribution in [2.45, 2.75) is 30.8 Å². The van der Waals surface area contributed by atoms with Crippen LogP contribution < -0.4 is 0 Å². The Morgan fingerprint density at radius 1 is 1.05 bits per heavy atom. The van der Waals surface area contributed by atoms with Crippen LogP contribution in [0.25, 0.3) is 11.1 Å². The zero-order valence-electron chi connectivity index (χ0n) is 21.6. The number of amides is 1. The molecule has 1 amide bonds. The number of carbonyl (C=O) groups is 1. The van der Waals surface area contributed by atoms with Gasteiger partial charge in [-0.05, 0) is 54.8 Å². The van der Waals surface area contributed by atoms with Crippen molar-refractivity contribution in [3.8, 4) is 11.1 Å². The number of nitrogens with zero attached hydrogens (tertiary/aromatic N) is 2. The lowest BCUT2D eigenvalue weighted by molar-refractivity contribution is -0.0317. The minimum atomic E-state index is -3.58. The van der Waals surface area contributed by atoms with Crippen molar-refractivity contribution in [2.24, 2.45) is 5.92 Å². The summed E-state index contributed by atoms with van der Waals surface area (Å²) in [6, 6.07) is 9.88. The molecule has 2 aromatic rings. The quantitative estimate of drug-likeness (QED) is 0.417. The minimum Gasteiger partial charge on any atom is -0.372 e. The maximum absolute atomic E-state index is 15.0. The van der Waals surface area contributed by atoms with Gasteiger partial charge in [-0.2, -0.15) is 0 Å². The molecule has 4 rings (SSSR count). The van der Waals surface area contributed by atoms with E-state index in [0.717, 1.165) is 6.26 Å². The number of alkyl halides is 2. The van der Waals surface area contributed by atoms with Gasteiger partial charge in [0, 0.05) is 43.9 Å². The molecule has 210 valence electrons. The smallest absolute Gasteiger partial charge is 0.261 e. The summed E-state index contributed by atoms with van der Waals surface area (Å²) in [6.45, 7) is 2.17. The van der Waals surface area contributed by atoms with Crippen molar-refractivity contribution in [1.29, 1.82) is 0 Å². The Balaban J connectivity index is 1.47. The van der Waals surface area contributed by atoms with Crippen molar-refractivity contribution in [2.75, 3.05) is 39.0 Å². The van der Waals surface area contributed by atoms with Gasteiger partial charge in [-0.15, -0.1) is 0 Å². The first-order valence-corrected chi connectivity index (χ1v) is 14.4. The molecule has 0 saturated carbocycles. The van der Waals surface area contributed by atoms with Crippen molar-refractivity contribution in [1.82, 2.24) is 9.80 Å². The molecule has 1 aliphatic carbocycles. The Labute approximate surface area is 225 Å². The molecule has 0 N–H and O–H groups in total. The van der Waals surface area contributed by atoms with Crippen molar-refractivity contribution < 1.29 is 35.5 Å². The van der Waals surface area contributed by atoms with Gasteiger partial charge in [0.2, 0.25) is 0 Å². The Morgan fingerprint density at radius 2 is 1.72 bits per heavy atom. The Morgan fingerprint density at radius 3 is 2.31 bits per heavy atom. The van der Waals surface area contributed by atoms with E-state index in [0.29, 0.717) is 36.3 Å². The van der Waals surface area contributed by atoms with Gasteiger partial charge in [-0.3, -0.25) is 4.79 Å². The predicted molar refractivity (Wildman–Crippen MR) is 139 cm³/mol. The van der Waals surface area contributed by atoms with Crippen LogP contribution in [0.3, 0.4) is 0 Å². The van der Waals surface area contributed by atoms with Crippen molar-refractivity contribution >= 4 is 15.7 Å². The van der Waals surface area contributed by atoms with Crippen LogP contribution >= 0.6 is 0 Å². The fraction of sp³-hybridized carbons (Fsp3) is 0.393. The lowest BCUT2D eigenvalue weighted by Gasteiger charge is -2.38. The third kappa shape index (κ3) is 6.88. The predicted octanol–water partition coefficient (Wildman–Crippen LogP) is 5.08. The molecule has 0 spiro atoms. The maximum atomic E-state index is 15.0. The third-order valence-electron chi connectivity index (χ3n) is 6.99. The van der Waals surface area contributed by atoms with Gasteiger partial charge in [0.15, 0.2) is 9.84 Å². The number of halogens is 4. The van der Waals surface area contributed by atoms with E-state index < -0.39 is 40.6 Å². The van der Waals surface area contributed by atoms with Gasteiger partial charge >= 0.3 is 0 Å². The minimum absolute atomic E-state index is 0.00349. The second-order valence-corrected chi connectivity index (χ2v) is 11.7. The zero-order valence-corrected chi connectivity index (χ0v) is 22.4. The van der Waals surface area contributed by atoms with Crippen molar-refractivity contribution in [3.05, 3.63) is 77.5 Å². The first-order chi connectivity index (χ1) is 18.4. The Kier molecular flexibility index (Phi) is 8.80. The SMILES string of the molecule is CC(OCC(F)F)C1C=C(F)C(N2CCN(C(=O)c3cc(S(C)(=O)=O)ccc3-c3ccc(F)cc3)CC2)=CC1. The normalized spacial score (nSPS) is 19.1. The lowest BCUT2D eigenvalue weighted by Crippen LogP contribution is -2.48. The average molecular weight is 567 g/mol. The highest BCUT2D eigenvalue weighted by atomic mass is 32.2. The summed E-state index contributed by atoms with van der Waals surface area (Å²) in [5.74, 6) is -1.63. The van der Waals surface area contributed by atoms with Gasteiger partial charge in [-0.1, -0.05) is 24.3 Å². The molecule has 2 unspecified atom stereocenters. The summed E-state index contributed by atoms with van der Waals surface area (Å²) in [7, 11) is -3.58. The molecule has 1 heterocycles. The monoisotopic (exact) mass is 566 g/mol. The van der Waals surface area contributed by atoms with Gasteiger partial charge in [-0.25, -0.2) is 26.0 Å². The number of allylic oxidation sites excluding steroid dienone is 2. The summed E-state index contributed by atoms with van der Waals surface area (Å²) >= 11 is 0. The number of rotatable bonds is 8. The van der Waals surface area contributed by atoms with Gasteiger partial charge < -0.3 is 14.5 Å². The summed E-state index contributed by atoms with van der Waals surface area (Å²) in [5.41, 5.74) is 1.62. The molecule has 1 saturated heterocycles.